The summed E-state index contributed by atoms with van der Waals surface area (Å²) < 4.78 is 1.81. The molecule has 2 heterocycles. The smallest absolute Gasteiger partial charge is 0.261 e. The molecule has 3 aromatic rings. The molecular weight excluding hydrogens is 378 g/mol. The standard InChI is InChI=1S/C20H20ClN5O2/c21-13-1-3-14(4-2-13)24-18-17-16(7-12-23-19(17)28)26(25-18)20(10-11-22)8-5-15(27)6-9-20/h1-4,7,12,15,27H,5-6,8-10H2,(H,23,28)(H,24,25). The van der Waals surface area contributed by atoms with Gasteiger partial charge in [0.05, 0.1) is 29.6 Å². The molecule has 8 heteroatoms. The second kappa shape index (κ2) is 7.30. The first-order valence-corrected chi connectivity index (χ1v) is 9.59. The lowest BCUT2D eigenvalue weighted by molar-refractivity contribution is 0.0655. The van der Waals surface area contributed by atoms with Gasteiger partial charge in [-0.25, -0.2) is 0 Å². The zero-order valence-electron chi connectivity index (χ0n) is 15.2. The number of hydrogen-bond donors (Lipinski definition) is 3. The van der Waals surface area contributed by atoms with Crippen LogP contribution in [0.5, 0.6) is 0 Å². The number of aromatic nitrogens is 3. The Morgan fingerprint density at radius 3 is 2.71 bits per heavy atom. The molecule has 0 aliphatic heterocycles. The maximum atomic E-state index is 12.6. The average molecular weight is 398 g/mol. The van der Waals surface area contributed by atoms with E-state index in [2.05, 4.69) is 16.4 Å². The molecule has 1 aliphatic carbocycles. The number of nitrogens with one attached hydrogen (secondary N) is 2. The third kappa shape index (κ3) is 3.26. The highest BCUT2D eigenvalue weighted by atomic mass is 35.5. The Hall–Kier alpha value is -2.82. The highest BCUT2D eigenvalue weighted by molar-refractivity contribution is 6.30. The van der Waals surface area contributed by atoms with Gasteiger partial charge in [-0.1, -0.05) is 11.6 Å². The van der Waals surface area contributed by atoms with Gasteiger partial charge in [0.25, 0.3) is 5.56 Å². The fraction of sp³-hybridized carbons (Fsp3) is 0.350. The molecule has 3 N–H and O–H groups in total. The van der Waals surface area contributed by atoms with Crippen LogP contribution in [-0.2, 0) is 5.54 Å². The highest BCUT2D eigenvalue weighted by Crippen LogP contribution is 2.40. The SMILES string of the molecule is N#CCC1(n2nc(Nc3ccc(Cl)cc3)c3c(=O)[nH]ccc32)CCC(O)CC1. The van der Waals surface area contributed by atoms with E-state index in [0.29, 0.717) is 47.4 Å². The lowest BCUT2D eigenvalue weighted by atomic mass is 9.78. The normalized spacial score (nSPS) is 22.1. The number of rotatable bonds is 4. The number of anilines is 2. The quantitative estimate of drug-likeness (QED) is 0.622. The van der Waals surface area contributed by atoms with E-state index in [-0.39, 0.29) is 18.1 Å². The van der Waals surface area contributed by atoms with Crippen molar-refractivity contribution in [3.63, 3.8) is 0 Å². The van der Waals surface area contributed by atoms with Crippen LogP contribution in [0.25, 0.3) is 10.9 Å². The van der Waals surface area contributed by atoms with Crippen molar-refractivity contribution in [3.05, 3.63) is 51.9 Å². The van der Waals surface area contributed by atoms with Crippen LogP contribution in [0.4, 0.5) is 11.5 Å². The largest absolute Gasteiger partial charge is 0.393 e. The van der Waals surface area contributed by atoms with Crippen LogP contribution in [0.1, 0.15) is 32.1 Å². The lowest BCUT2D eigenvalue weighted by Gasteiger charge is -2.38. The van der Waals surface area contributed by atoms with Gasteiger partial charge >= 0.3 is 0 Å². The van der Waals surface area contributed by atoms with E-state index in [4.69, 9.17) is 16.7 Å². The van der Waals surface area contributed by atoms with E-state index in [1.165, 1.54) is 0 Å². The molecule has 1 aliphatic rings. The van der Waals surface area contributed by atoms with Gasteiger partial charge in [-0.3, -0.25) is 9.48 Å². The maximum Gasteiger partial charge on any atom is 0.261 e. The fourth-order valence-corrected chi connectivity index (χ4v) is 4.07. The molecule has 1 saturated carbocycles. The summed E-state index contributed by atoms with van der Waals surface area (Å²) in [6.07, 6.45) is 3.97. The second-order valence-electron chi connectivity index (χ2n) is 7.25. The topological polar surface area (TPSA) is 107 Å². The monoisotopic (exact) mass is 397 g/mol. The minimum Gasteiger partial charge on any atom is -0.393 e. The number of H-pyrrole nitrogens is 1. The number of pyridine rings is 1. The predicted molar refractivity (Wildman–Crippen MR) is 108 cm³/mol. The third-order valence-electron chi connectivity index (χ3n) is 5.45. The first-order chi connectivity index (χ1) is 13.5. The Labute approximate surface area is 166 Å². The lowest BCUT2D eigenvalue weighted by Crippen LogP contribution is -2.39. The zero-order chi connectivity index (χ0) is 19.7. The highest BCUT2D eigenvalue weighted by Gasteiger charge is 2.39. The summed E-state index contributed by atoms with van der Waals surface area (Å²) in [5.41, 5.74) is 0.641. The van der Waals surface area contributed by atoms with Gasteiger partial charge in [-0.15, -0.1) is 0 Å². The molecule has 0 amide bonds. The Balaban J connectivity index is 1.85. The van der Waals surface area contributed by atoms with Crippen LogP contribution in [0.2, 0.25) is 5.02 Å². The van der Waals surface area contributed by atoms with E-state index >= 15 is 0 Å². The molecule has 0 radical (unpaired) electrons. The summed E-state index contributed by atoms with van der Waals surface area (Å²) in [6, 6.07) is 11.2. The van der Waals surface area contributed by atoms with Gasteiger partial charge < -0.3 is 15.4 Å². The van der Waals surface area contributed by atoms with Crippen LogP contribution in [-0.4, -0.2) is 26.0 Å². The van der Waals surface area contributed by atoms with E-state index in [0.717, 1.165) is 5.69 Å². The Morgan fingerprint density at radius 2 is 2.04 bits per heavy atom. The van der Waals surface area contributed by atoms with Crippen molar-refractivity contribution in [2.75, 3.05) is 5.32 Å². The zero-order valence-corrected chi connectivity index (χ0v) is 15.9. The number of aliphatic hydroxyl groups excluding tert-OH is 1. The van der Waals surface area contributed by atoms with Crippen molar-refractivity contribution in [3.8, 4) is 6.07 Å². The average Bonchev–Trinajstić information content (AvgIpc) is 3.06. The third-order valence-corrected chi connectivity index (χ3v) is 5.71. The molecule has 2 aromatic heterocycles. The molecular formula is C20H20ClN5O2. The van der Waals surface area contributed by atoms with Crippen molar-refractivity contribution in [1.82, 2.24) is 14.8 Å². The van der Waals surface area contributed by atoms with Crippen molar-refractivity contribution >= 4 is 34.0 Å². The minimum absolute atomic E-state index is 0.247. The molecule has 28 heavy (non-hydrogen) atoms. The maximum absolute atomic E-state index is 12.6. The fourth-order valence-electron chi connectivity index (χ4n) is 3.95. The number of hydrogen-bond acceptors (Lipinski definition) is 5. The summed E-state index contributed by atoms with van der Waals surface area (Å²) >= 11 is 5.95. The summed E-state index contributed by atoms with van der Waals surface area (Å²) in [6.45, 7) is 0. The molecule has 0 bridgehead atoms. The molecule has 4 rings (SSSR count). The van der Waals surface area contributed by atoms with Crippen molar-refractivity contribution in [2.45, 2.75) is 43.7 Å². The summed E-state index contributed by atoms with van der Waals surface area (Å²) in [4.78, 5) is 15.3. The number of aromatic amines is 1. The number of aliphatic hydroxyl groups is 1. The summed E-state index contributed by atoms with van der Waals surface area (Å²) in [5.74, 6) is 0.433. The molecule has 0 saturated heterocycles. The Bertz CT molecular complexity index is 1090. The van der Waals surface area contributed by atoms with Gasteiger partial charge in [-0.2, -0.15) is 10.4 Å². The van der Waals surface area contributed by atoms with Crippen molar-refractivity contribution in [2.24, 2.45) is 0 Å². The van der Waals surface area contributed by atoms with Crippen LogP contribution >= 0.6 is 11.6 Å². The minimum atomic E-state index is -0.542. The first kappa shape index (κ1) is 18.5. The second-order valence-corrected chi connectivity index (χ2v) is 7.69. The van der Waals surface area contributed by atoms with Crippen LogP contribution < -0.4 is 10.9 Å². The van der Waals surface area contributed by atoms with Gasteiger partial charge in [-0.05, 0) is 56.0 Å². The van der Waals surface area contributed by atoms with E-state index in [1.54, 1.807) is 24.4 Å². The number of fused-ring (bicyclic) bond motifs is 1. The number of nitrogens with zero attached hydrogens (tertiary/aromatic N) is 3. The predicted octanol–water partition coefficient (Wildman–Crippen LogP) is 3.67. The van der Waals surface area contributed by atoms with Gasteiger partial charge in [0.1, 0.15) is 5.39 Å². The Morgan fingerprint density at radius 1 is 1.32 bits per heavy atom. The molecule has 1 aromatic carbocycles. The Kier molecular flexibility index (Phi) is 4.84. The molecule has 0 unspecified atom stereocenters. The molecule has 7 nitrogen and oxygen atoms in total. The molecule has 1 fully saturated rings. The molecule has 0 spiro atoms. The van der Waals surface area contributed by atoms with Crippen LogP contribution in [0.15, 0.2) is 41.3 Å². The van der Waals surface area contributed by atoms with Crippen LogP contribution in [0.3, 0.4) is 0 Å². The van der Waals surface area contributed by atoms with Crippen molar-refractivity contribution in [1.29, 1.82) is 5.26 Å². The van der Waals surface area contributed by atoms with Crippen LogP contribution in [0, 0.1) is 11.3 Å². The van der Waals surface area contributed by atoms with E-state index in [9.17, 15) is 15.2 Å². The van der Waals surface area contributed by atoms with E-state index in [1.807, 2.05) is 16.8 Å². The van der Waals surface area contributed by atoms with Gasteiger partial charge in [0.15, 0.2) is 5.82 Å². The van der Waals surface area contributed by atoms with Gasteiger partial charge in [0.2, 0.25) is 0 Å². The summed E-state index contributed by atoms with van der Waals surface area (Å²) in [7, 11) is 0. The number of nitriles is 1. The van der Waals surface area contributed by atoms with Crippen molar-refractivity contribution < 1.29 is 5.11 Å². The first-order valence-electron chi connectivity index (χ1n) is 9.21. The number of halogens is 1. The summed E-state index contributed by atoms with van der Waals surface area (Å²) in [5, 5.41) is 28.4. The van der Waals surface area contributed by atoms with E-state index < -0.39 is 5.54 Å². The molecule has 144 valence electrons. The van der Waals surface area contributed by atoms with Gasteiger partial charge in [0, 0.05) is 16.9 Å². The molecule has 0 atom stereocenters. The number of benzene rings is 1.